The molecule has 2 aromatic rings. The SMILES string of the molecule is C=C/C=C\c1c(C)n(CC)c2cccc(N)c12. The van der Waals surface area contributed by atoms with Gasteiger partial charge in [0, 0.05) is 28.9 Å². The molecule has 0 aliphatic rings. The molecule has 1 heterocycles. The average molecular weight is 226 g/mol. The average Bonchev–Trinajstić information content (AvgIpc) is 2.60. The van der Waals surface area contributed by atoms with Crippen molar-refractivity contribution in [3.05, 3.63) is 48.2 Å². The van der Waals surface area contributed by atoms with E-state index in [2.05, 4.69) is 37.1 Å². The lowest BCUT2D eigenvalue weighted by Gasteiger charge is -2.03. The van der Waals surface area contributed by atoms with E-state index in [0.29, 0.717) is 0 Å². The van der Waals surface area contributed by atoms with Crippen LogP contribution in [-0.4, -0.2) is 4.57 Å². The maximum atomic E-state index is 6.09. The molecule has 0 atom stereocenters. The summed E-state index contributed by atoms with van der Waals surface area (Å²) in [6, 6.07) is 6.07. The number of fused-ring (bicyclic) bond motifs is 1. The lowest BCUT2D eigenvalue weighted by Crippen LogP contribution is -1.96. The van der Waals surface area contributed by atoms with Gasteiger partial charge in [-0.05, 0) is 26.0 Å². The molecule has 2 N–H and O–H groups in total. The van der Waals surface area contributed by atoms with E-state index in [4.69, 9.17) is 5.73 Å². The molecule has 17 heavy (non-hydrogen) atoms. The van der Waals surface area contributed by atoms with Crippen LogP contribution in [0.4, 0.5) is 5.69 Å². The number of allylic oxidation sites excluding steroid dienone is 2. The van der Waals surface area contributed by atoms with Crippen molar-refractivity contribution in [2.45, 2.75) is 20.4 Å². The van der Waals surface area contributed by atoms with Crippen molar-refractivity contribution in [3.63, 3.8) is 0 Å². The third-order valence-electron chi connectivity index (χ3n) is 3.14. The van der Waals surface area contributed by atoms with Gasteiger partial charge in [-0.3, -0.25) is 0 Å². The summed E-state index contributed by atoms with van der Waals surface area (Å²) < 4.78 is 2.29. The summed E-state index contributed by atoms with van der Waals surface area (Å²) in [5.74, 6) is 0. The molecular weight excluding hydrogens is 208 g/mol. The van der Waals surface area contributed by atoms with E-state index in [-0.39, 0.29) is 0 Å². The molecule has 0 aliphatic heterocycles. The minimum Gasteiger partial charge on any atom is -0.398 e. The van der Waals surface area contributed by atoms with Gasteiger partial charge in [-0.15, -0.1) is 0 Å². The predicted octanol–water partition coefficient (Wildman–Crippen LogP) is 3.75. The molecule has 1 aromatic carbocycles. The molecule has 1 aromatic heterocycles. The summed E-state index contributed by atoms with van der Waals surface area (Å²) in [6.07, 6.45) is 5.81. The Kier molecular flexibility index (Phi) is 3.05. The lowest BCUT2D eigenvalue weighted by atomic mass is 10.1. The van der Waals surface area contributed by atoms with Crippen molar-refractivity contribution in [1.29, 1.82) is 0 Å². The monoisotopic (exact) mass is 226 g/mol. The van der Waals surface area contributed by atoms with Gasteiger partial charge in [-0.25, -0.2) is 0 Å². The number of hydrogen-bond donors (Lipinski definition) is 1. The fourth-order valence-electron chi connectivity index (χ4n) is 2.36. The van der Waals surface area contributed by atoms with Crippen LogP contribution < -0.4 is 5.73 Å². The number of anilines is 1. The maximum Gasteiger partial charge on any atom is 0.0509 e. The fraction of sp³-hybridized carbons (Fsp3) is 0.200. The topological polar surface area (TPSA) is 30.9 Å². The Hall–Kier alpha value is -1.96. The highest BCUT2D eigenvalue weighted by Gasteiger charge is 2.12. The summed E-state index contributed by atoms with van der Waals surface area (Å²) >= 11 is 0. The van der Waals surface area contributed by atoms with Crippen LogP contribution in [0.3, 0.4) is 0 Å². The molecule has 0 saturated heterocycles. The number of benzene rings is 1. The fourth-order valence-corrected chi connectivity index (χ4v) is 2.36. The van der Waals surface area contributed by atoms with Crippen LogP contribution in [0.2, 0.25) is 0 Å². The molecule has 88 valence electrons. The van der Waals surface area contributed by atoms with Crippen molar-refractivity contribution < 1.29 is 0 Å². The van der Waals surface area contributed by atoms with Gasteiger partial charge in [-0.1, -0.05) is 30.9 Å². The van der Waals surface area contributed by atoms with E-state index in [0.717, 1.165) is 17.6 Å². The molecule has 0 fully saturated rings. The highest BCUT2D eigenvalue weighted by atomic mass is 15.0. The molecule has 0 spiro atoms. The van der Waals surface area contributed by atoms with Gasteiger partial charge < -0.3 is 10.3 Å². The zero-order valence-electron chi connectivity index (χ0n) is 10.4. The van der Waals surface area contributed by atoms with Crippen molar-refractivity contribution >= 4 is 22.7 Å². The third-order valence-corrected chi connectivity index (χ3v) is 3.14. The normalized spacial score (nSPS) is 11.4. The molecule has 2 nitrogen and oxygen atoms in total. The minimum atomic E-state index is 0.835. The van der Waals surface area contributed by atoms with E-state index in [9.17, 15) is 0 Å². The molecule has 2 rings (SSSR count). The zero-order valence-corrected chi connectivity index (χ0v) is 10.4. The van der Waals surface area contributed by atoms with Crippen LogP contribution >= 0.6 is 0 Å². The first-order valence-electron chi connectivity index (χ1n) is 5.87. The van der Waals surface area contributed by atoms with E-state index < -0.39 is 0 Å². The summed E-state index contributed by atoms with van der Waals surface area (Å²) in [6.45, 7) is 8.94. The highest BCUT2D eigenvalue weighted by Crippen LogP contribution is 2.31. The van der Waals surface area contributed by atoms with E-state index in [1.165, 1.54) is 16.8 Å². The second-order valence-corrected chi connectivity index (χ2v) is 4.08. The summed E-state index contributed by atoms with van der Waals surface area (Å²) in [5, 5.41) is 1.14. The number of nitrogens with two attached hydrogens (primary N) is 1. The molecule has 0 bridgehead atoms. The molecule has 0 aliphatic carbocycles. The third kappa shape index (κ3) is 1.76. The molecular formula is C15H18N2. The van der Waals surface area contributed by atoms with Crippen molar-refractivity contribution in [1.82, 2.24) is 4.57 Å². The number of nitrogen functional groups attached to an aromatic ring is 1. The summed E-state index contributed by atoms with van der Waals surface area (Å²) in [7, 11) is 0. The van der Waals surface area contributed by atoms with Gasteiger partial charge in [0.05, 0.1) is 5.52 Å². The number of nitrogens with zero attached hydrogens (tertiary/aromatic N) is 1. The Labute approximate surface area is 102 Å². The standard InChI is InChI=1S/C15H18N2/c1-4-6-8-12-11(3)17(5-2)14-10-7-9-13(16)15(12)14/h4,6-10H,1,5,16H2,2-3H3/b8-6-. The second-order valence-electron chi connectivity index (χ2n) is 4.08. The van der Waals surface area contributed by atoms with Crippen LogP contribution in [0.15, 0.2) is 36.9 Å². The number of hydrogen-bond acceptors (Lipinski definition) is 1. The molecule has 0 saturated carbocycles. The van der Waals surface area contributed by atoms with Crippen molar-refractivity contribution in [2.24, 2.45) is 0 Å². The van der Waals surface area contributed by atoms with E-state index in [1.807, 2.05) is 18.2 Å². The van der Waals surface area contributed by atoms with Gasteiger partial charge in [-0.2, -0.15) is 0 Å². The van der Waals surface area contributed by atoms with Gasteiger partial charge in [0.2, 0.25) is 0 Å². The number of aromatic nitrogens is 1. The van der Waals surface area contributed by atoms with Gasteiger partial charge in [0.15, 0.2) is 0 Å². The van der Waals surface area contributed by atoms with Crippen LogP contribution in [0.5, 0.6) is 0 Å². The zero-order chi connectivity index (χ0) is 12.4. The van der Waals surface area contributed by atoms with Crippen LogP contribution in [0, 0.1) is 6.92 Å². The number of aryl methyl sites for hydroxylation is 1. The molecule has 0 radical (unpaired) electrons. The first-order valence-corrected chi connectivity index (χ1v) is 5.87. The second kappa shape index (κ2) is 4.50. The first kappa shape index (κ1) is 11.5. The van der Waals surface area contributed by atoms with Crippen molar-refractivity contribution in [3.8, 4) is 0 Å². The van der Waals surface area contributed by atoms with Gasteiger partial charge in [0.1, 0.15) is 0 Å². The molecule has 2 heteroatoms. The van der Waals surface area contributed by atoms with Crippen LogP contribution in [0.1, 0.15) is 18.2 Å². The number of rotatable bonds is 3. The Morgan fingerprint density at radius 3 is 2.82 bits per heavy atom. The first-order chi connectivity index (χ1) is 8.20. The Morgan fingerprint density at radius 2 is 2.18 bits per heavy atom. The van der Waals surface area contributed by atoms with E-state index >= 15 is 0 Å². The predicted molar refractivity (Wildman–Crippen MR) is 76.0 cm³/mol. The van der Waals surface area contributed by atoms with E-state index in [1.54, 1.807) is 6.08 Å². The van der Waals surface area contributed by atoms with Gasteiger partial charge >= 0.3 is 0 Å². The van der Waals surface area contributed by atoms with Crippen LogP contribution in [-0.2, 0) is 6.54 Å². The Morgan fingerprint density at radius 1 is 1.41 bits per heavy atom. The van der Waals surface area contributed by atoms with Crippen molar-refractivity contribution in [2.75, 3.05) is 5.73 Å². The lowest BCUT2D eigenvalue weighted by molar-refractivity contribution is 0.769. The smallest absolute Gasteiger partial charge is 0.0509 e. The molecule has 0 amide bonds. The summed E-state index contributed by atoms with van der Waals surface area (Å²) in [5.41, 5.74) is 10.6. The Balaban J connectivity index is 2.85. The molecule has 0 unspecified atom stereocenters. The highest BCUT2D eigenvalue weighted by molar-refractivity contribution is 5.99. The van der Waals surface area contributed by atoms with Gasteiger partial charge in [0.25, 0.3) is 0 Å². The maximum absolute atomic E-state index is 6.09. The summed E-state index contributed by atoms with van der Waals surface area (Å²) in [4.78, 5) is 0. The quantitative estimate of drug-likeness (QED) is 0.627. The van der Waals surface area contributed by atoms with Crippen LogP contribution in [0.25, 0.3) is 17.0 Å². The minimum absolute atomic E-state index is 0.835. The Bertz CT molecular complexity index is 588. The largest absolute Gasteiger partial charge is 0.398 e.